The Morgan fingerprint density at radius 2 is 1.68 bits per heavy atom. The summed E-state index contributed by atoms with van der Waals surface area (Å²) in [5.41, 5.74) is 5.05. The molecule has 3 rings (SSSR count). The maximum absolute atomic E-state index is 12.5. The molecular formula is C23H19Cl2N3O3. The number of carbonyl (C=O) groups excluding carboxylic acids is 2. The van der Waals surface area contributed by atoms with Crippen LogP contribution in [0.5, 0.6) is 5.75 Å². The zero-order valence-corrected chi connectivity index (χ0v) is 18.3. The Bertz CT molecular complexity index is 1160. The summed E-state index contributed by atoms with van der Waals surface area (Å²) in [7, 11) is 1.50. The fourth-order valence-electron chi connectivity index (χ4n) is 2.79. The molecule has 3 aromatic carbocycles. The summed E-state index contributed by atoms with van der Waals surface area (Å²) >= 11 is 12.0. The van der Waals surface area contributed by atoms with Crippen molar-refractivity contribution in [3.05, 3.63) is 93.5 Å². The normalized spacial score (nSPS) is 11.0. The zero-order chi connectivity index (χ0) is 22.4. The number of halogens is 2. The van der Waals surface area contributed by atoms with E-state index in [1.165, 1.54) is 13.2 Å². The molecule has 0 radical (unpaired) electrons. The fourth-order valence-corrected chi connectivity index (χ4v) is 3.28. The third-order valence-corrected chi connectivity index (χ3v) is 4.94. The number of nitrogens with zero attached hydrogens (tertiary/aromatic N) is 1. The fraction of sp³-hybridized carbons (Fsp3) is 0.0870. The van der Waals surface area contributed by atoms with E-state index in [-0.39, 0.29) is 10.9 Å². The lowest BCUT2D eigenvalue weighted by Gasteiger charge is -2.09. The molecule has 8 heteroatoms. The summed E-state index contributed by atoms with van der Waals surface area (Å²) in [5.74, 6) is -0.296. The van der Waals surface area contributed by atoms with Crippen molar-refractivity contribution in [3.63, 3.8) is 0 Å². The van der Waals surface area contributed by atoms with Gasteiger partial charge in [0, 0.05) is 10.7 Å². The number of hydrazone groups is 1. The van der Waals surface area contributed by atoms with E-state index in [0.717, 1.165) is 5.56 Å². The van der Waals surface area contributed by atoms with E-state index in [1.807, 2.05) is 6.07 Å². The van der Waals surface area contributed by atoms with Crippen LogP contribution in [0, 0.1) is 0 Å². The van der Waals surface area contributed by atoms with Gasteiger partial charge in [-0.15, -0.1) is 0 Å². The van der Waals surface area contributed by atoms with Gasteiger partial charge >= 0.3 is 0 Å². The summed E-state index contributed by atoms with van der Waals surface area (Å²) < 4.78 is 5.20. The van der Waals surface area contributed by atoms with E-state index in [2.05, 4.69) is 15.8 Å². The molecule has 0 saturated carbocycles. The number of benzene rings is 3. The highest BCUT2D eigenvalue weighted by Crippen LogP contribution is 2.22. The van der Waals surface area contributed by atoms with Crippen LogP contribution in [0.15, 0.2) is 71.8 Å². The minimum Gasteiger partial charge on any atom is -0.496 e. The standard InChI is InChI=1S/C23H19Cl2N3O3/c1-14(27-28-23(30)19-8-3-4-9-21(19)31-2)15-6-5-7-17(12-15)26-22(29)18-11-10-16(24)13-20(18)25/h3-13H,1-2H3,(H,26,29)(H,28,30)/b27-14-. The number of ether oxygens (including phenoxy) is 1. The molecule has 0 atom stereocenters. The zero-order valence-electron chi connectivity index (χ0n) is 16.8. The van der Waals surface area contributed by atoms with Gasteiger partial charge < -0.3 is 10.1 Å². The predicted octanol–water partition coefficient (Wildman–Crippen LogP) is 5.41. The van der Waals surface area contributed by atoms with Crippen LogP contribution in [0.3, 0.4) is 0 Å². The largest absolute Gasteiger partial charge is 0.496 e. The van der Waals surface area contributed by atoms with Gasteiger partial charge in [0.05, 0.1) is 29.0 Å². The second-order valence-corrected chi connectivity index (χ2v) is 7.34. The highest BCUT2D eigenvalue weighted by Gasteiger charge is 2.13. The van der Waals surface area contributed by atoms with Gasteiger partial charge in [-0.25, -0.2) is 5.43 Å². The Morgan fingerprint density at radius 1 is 0.903 bits per heavy atom. The molecular weight excluding hydrogens is 437 g/mol. The molecule has 31 heavy (non-hydrogen) atoms. The van der Waals surface area contributed by atoms with E-state index < -0.39 is 5.91 Å². The van der Waals surface area contributed by atoms with Gasteiger partial charge in [-0.3, -0.25) is 9.59 Å². The number of methoxy groups -OCH3 is 1. The molecule has 0 aliphatic heterocycles. The van der Waals surface area contributed by atoms with Crippen LogP contribution in [0.1, 0.15) is 33.2 Å². The molecule has 0 aromatic heterocycles. The van der Waals surface area contributed by atoms with Gasteiger partial charge in [0.15, 0.2) is 0 Å². The van der Waals surface area contributed by atoms with Crippen molar-refractivity contribution in [2.24, 2.45) is 5.10 Å². The molecule has 0 aliphatic rings. The van der Waals surface area contributed by atoms with Crippen LogP contribution in [0.25, 0.3) is 0 Å². The second kappa shape index (κ2) is 10.1. The molecule has 0 spiro atoms. The number of hydrogen-bond acceptors (Lipinski definition) is 4. The molecule has 3 aromatic rings. The SMILES string of the molecule is COc1ccccc1C(=O)N/N=C(/C)c1cccc(NC(=O)c2ccc(Cl)cc2Cl)c1. The summed E-state index contributed by atoms with van der Waals surface area (Å²) in [6, 6.07) is 18.6. The summed E-state index contributed by atoms with van der Waals surface area (Å²) in [5, 5.41) is 7.67. The van der Waals surface area contributed by atoms with Gasteiger partial charge in [-0.1, -0.05) is 47.5 Å². The van der Waals surface area contributed by atoms with Crippen molar-refractivity contribution >= 4 is 46.4 Å². The first kappa shape index (κ1) is 22.3. The topological polar surface area (TPSA) is 79.8 Å². The highest BCUT2D eigenvalue weighted by molar-refractivity contribution is 6.37. The number of amides is 2. The molecule has 2 N–H and O–H groups in total. The molecule has 0 bridgehead atoms. The van der Waals surface area contributed by atoms with Crippen molar-refractivity contribution in [1.29, 1.82) is 0 Å². The van der Waals surface area contributed by atoms with Crippen LogP contribution >= 0.6 is 23.2 Å². The first-order valence-electron chi connectivity index (χ1n) is 9.23. The molecule has 0 unspecified atom stereocenters. The lowest BCUT2D eigenvalue weighted by Crippen LogP contribution is -2.20. The van der Waals surface area contributed by atoms with Gasteiger partial charge in [-0.2, -0.15) is 5.10 Å². The first-order valence-corrected chi connectivity index (χ1v) is 9.99. The van der Waals surface area contributed by atoms with Crippen LogP contribution in [-0.2, 0) is 0 Å². The quantitative estimate of drug-likeness (QED) is 0.385. The van der Waals surface area contributed by atoms with Gasteiger partial charge in [0.1, 0.15) is 5.75 Å². The Balaban J connectivity index is 1.73. The van der Waals surface area contributed by atoms with E-state index in [1.54, 1.807) is 61.5 Å². The summed E-state index contributed by atoms with van der Waals surface area (Å²) in [6.45, 7) is 1.75. The lowest BCUT2D eigenvalue weighted by molar-refractivity contribution is 0.0951. The molecule has 0 heterocycles. The first-order chi connectivity index (χ1) is 14.9. The number of rotatable bonds is 6. The summed E-state index contributed by atoms with van der Waals surface area (Å²) in [6.07, 6.45) is 0. The van der Waals surface area contributed by atoms with Crippen molar-refractivity contribution in [2.45, 2.75) is 6.92 Å². The maximum atomic E-state index is 12.5. The number of para-hydroxylation sites is 1. The monoisotopic (exact) mass is 455 g/mol. The van der Waals surface area contributed by atoms with E-state index in [0.29, 0.717) is 33.3 Å². The third-order valence-electron chi connectivity index (χ3n) is 4.39. The second-order valence-electron chi connectivity index (χ2n) is 6.50. The average molecular weight is 456 g/mol. The minimum atomic E-state index is -0.390. The van der Waals surface area contributed by atoms with Crippen molar-refractivity contribution in [3.8, 4) is 5.75 Å². The number of nitrogens with one attached hydrogen (secondary N) is 2. The van der Waals surface area contributed by atoms with Crippen LogP contribution in [0.2, 0.25) is 10.0 Å². The molecule has 0 saturated heterocycles. The smallest absolute Gasteiger partial charge is 0.275 e. The third kappa shape index (κ3) is 5.63. The van der Waals surface area contributed by atoms with Crippen LogP contribution in [0.4, 0.5) is 5.69 Å². The Morgan fingerprint density at radius 3 is 2.42 bits per heavy atom. The van der Waals surface area contributed by atoms with Crippen LogP contribution in [-0.4, -0.2) is 24.6 Å². The molecule has 0 aliphatic carbocycles. The molecule has 0 fully saturated rings. The summed E-state index contributed by atoms with van der Waals surface area (Å²) in [4.78, 5) is 24.9. The number of hydrogen-bond donors (Lipinski definition) is 2. The van der Waals surface area contributed by atoms with E-state index in [4.69, 9.17) is 27.9 Å². The molecule has 6 nitrogen and oxygen atoms in total. The van der Waals surface area contributed by atoms with Crippen molar-refractivity contribution < 1.29 is 14.3 Å². The van der Waals surface area contributed by atoms with Crippen molar-refractivity contribution in [2.75, 3.05) is 12.4 Å². The minimum absolute atomic E-state index is 0.262. The average Bonchev–Trinajstić information content (AvgIpc) is 2.77. The molecule has 2 amide bonds. The van der Waals surface area contributed by atoms with E-state index in [9.17, 15) is 9.59 Å². The van der Waals surface area contributed by atoms with Crippen molar-refractivity contribution in [1.82, 2.24) is 5.43 Å². The van der Waals surface area contributed by atoms with E-state index >= 15 is 0 Å². The van der Waals surface area contributed by atoms with Crippen LogP contribution < -0.4 is 15.5 Å². The predicted molar refractivity (Wildman–Crippen MR) is 124 cm³/mol. The maximum Gasteiger partial charge on any atom is 0.275 e. The lowest BCUT2D eigenvalue weighted by atomic mass is 10.1. The molecule has 158 valence electrons. The highest BCUT2D eigenvalue weighted by atomic mass is 35.5. The van der Waals surface area contributed by atoms with Gasteiger partial charge in [0.2, 0.25) is 0 Å². The van der Waals surface area contributed by atoms with Gasteiger partial charge in [-0.05, 0) is 55.0 Å². The Hall–Kier alpha value is -3.35. The number of anilines is 1. The Kier molecular flexibility index (Phi) is 7.28. The number of carbonyl (C=O) groups is 2. The van der Waals surface area contributed by atoms with Gasteiger partial charge in [0.25, 0.3) is 11.8 Å². The Labute approximate surface area is 189 Å².